The molecule has 0 amide bonds. The molecule has 8 heteroatoms. The van der Waals surface area contributed by atoms with Gasteiger partial charge in [0.15, 0.2) is 0 Å². The van der Waals surface area contributed by atoms with Gasteiger partial charge in [0.2, 0.25) is 5.95 Å². The minimum atomic E-state index is 0.410. The second-order valence-corrected chi connectivity index (χ2v) is 9.73. The molecule has 1 saturated heterocycles. The highest BCUT2D eigenvalue weighted by atomic mass is 35.5. The second kappa shape index (κ2) is 6.93. The van der Waals surface area contributed by atoms with Crippen LogP contribution in [-0.2, 0) is 17.7 Å². The van der Waals surface area contributed by atoms with Crippen LogP contribution in [-0.4, -0.2) is 51.1 Å². The molecule has 2 N–H and O–H groups in total. The molecular formula is C21H27ClN6O. The molecule has 1 spiro atoms. The Balaban J connectivity index is 1.14. The maximum atomic E-state index is 6.50. The Hall–Kier alpha value is -1.70. The summed E-state index contributed by atoms with van der Waals surface area (Å²) in [6.07, 6.45) is 12.0. The van der Waals surface area contributed by atoms with Crippen LogP contribution in [0.1, 0.15) is 44.2 Å². The van der Waals surface area contributed by atoms with Gasteiger partial charge in [0.25, 0.3) is 0 Å². The molecule has 4 aliphatic rings. The zero-order valence-corrected chi connectivity index (χ0v) is 17.3. The third-order valence-electron chi connectivity index (χ3n) is 7.10. The van der Waals surface area contributed by atoms with Crippen LogP contribution in [0.3, 0.4) is 0 Å². The summed E-state index contributed by atoms with van der Waals surface area (Å²) < 4.78 is 7.41. The maximum absolute atomic E-state index is 6.50. The van der Waals surface area contributed by atoms with Crippen molar-refractivity contribution in [2.24, 2.45) is 5.41 Å². The average molecular weight is 415 g/mol. The largest absolute Gasteiger partial charge is 0.378 e. The highest BCUT2D eigenvalue weighted by Crippen LogP contribution is 2.54. The minimum absolute atomic E-state index is 0.410. The van der Waals surface area contributed by atoms with E-state index in [9.17, 15) is 0 Å². The molecule has 2 aromatic rings. The first-order valence-corrected chi connectivity index (χ1v) is 11.2. The highest BCUT2D eigenvalue weighted by Gasteiger charge is 2.48. The van der Waals surface area contributed by atoms with Crippen LogP contribution in [0.5, 0.6) is 0 Å². The van der Waals surface area contributed by atoms with E-state index in [2.05, 4.69) is 25.4 Å². The molecule has 0 bridgehead atoms. The first-order chi connectivity index (χ1) is 14.2. The molecule has 7 nitrogen and oxygen atoms in total. The summed E-state index contributed by atoms with van der Waals surface area (Å²) in [5.41, 5.74) is 3.63. The third kappa shape index (κ3) is 3.43. The van der Waals surface area contributed by atoms with E-state index in [0.717, 1.165) is 50.3 Å². The molecule has 6 rings (SSSR count). The lowest BCUT2D eigenvalue weighted by atomic mass is 9.90. The quantitative estimate of drug-likeness (QED) is 0.783. The van der Waals surface area contributed by atoms with Crippen molar-refractivity contribution in [3.05, 3.63) is 23.1 Å². The number of rotatable bonds is 5. The predicted molar refractivity (Wildman–Crippen MR) is 111 cm³/mol. The van der Waals surface area contributed by atoms with E-state index in [4.69, 9.17) is 21.3 Å². The molecule has 154 valence electrons. The van der Waals surface area contributed by atoms with Gasteiger partial charge in [0.05, 0.1) is 42.4 Å². The molecule has 0 radical (unpaired) electrons. The second-order valence-electron chi connectivity index (χ2n) is 9.32. The summed E-state index contributed by atoms with van der Waals surface area (Å²) in [5, 5.41) is 12.4. The van der Waals surface area contributed by atoms with Gasteiger partial charge in [-0.25, -0.2) is 9.97 Å². The standard InChI is InChI=1S/C21H27ClN6O/c22-17-9-23-20(26-14-3-1-13(2-4-14)25-15-10-29-11-15)27-19(17)16-8-24-28-12-21(5-6-21)7-18(16)28/h8-9,13-15,25H,1-7,10-12H2,(H,23,26,27). The van der Waals surface area contributed by atoms with Crippen LogP contribution in [0.15, 0.2) is 12.4 Å². The summed E-state index contributed by atoms with van der Waals surface area (Å²) in [6.45, 7) is 2.76. The Morgan fingerprint density at radius 1 is 1.07 bits per heavy atom. The Labute approximate surface area is 175 Å². The molecule has 0 aromatic carbocycles. The van der Waals surface area contributed by atoms with E-state index in [1.54, 1.807) is 6.20 Å². The molecule has 0 atom stereocenters. The summed E-state index contributed by atoms with van der Waals surface area (Å²) in [7, 11) is 0. The average Bonchev–Trinajstić information content (AvgIpc) is 3.19. The van der Waals surface area contributed by atoms with Gasteiger partial charge in [0.1, 0.15) is 0 Å². The molecule has 2 aliphatic carbocycles. The Kier molecular flexibility index (Phi) is 4.32. The van der Waals surface area contributed by atoms with Crippen LogP contribution in [0, 0.1) is 5.41 Å². The van der Waals surface area contributed by atoms with Gasteiger partial charge in [0, 0.05) is 29.9 Å². The fraction of sp³-hybridized carbons (Fsp3) is 0.667. The van der Waals surface area contributed by atoms with Crippen molar-refractivity contribution >= 4 is 17.5 Å². The number of hydrogen-bond donors (Lipinski definition) is 2. The van der Waals surface area contributed by atoms with Gasteiger partial charge in [-0.2, -0.15) is 5.10 Å². The number of aromatic nitrogens is 4. The highest BCUT2D eigenvalue weighted by molar-refractivity contribution is 6.32. The van der Waals surface area contributed by atoms with E-state index in [-0.39, 0.29) is 0 Å². The van der Waals surface area contributed by atoms with E-state index >= 15 is 0 Å². The summed E-state index contributed by atoms with van der Waals surface area (Å²) in [5.74, 6) is 0.673. The third-order valence-corrected chi connectivity index (χ3v) is 7.38. The molecule has 2 saturated carbocycles. The van der Waals surface area contributed by atoms with Crippen LogP contribution in [0.2, 0.25) is 5.02 Å². The Morgan fingerprint density at radius 2 is 1.86 bits per heavy atom. The molecule has 4 heterocycles. The lowest BCUT2D eigenvalue weighted by Crippen LogP contribution is -2.51. The molecule has 29 heavy (non-hydrogen) atoms. The topological polar surface area (TPSA) is 76.9 Å². The fourth-order valence-electron chi connectivity index (χ4n) is 5.05. The smallest absolute Gasteiger partial charge is 0.223 e. The van der Waals surface area contributed by atoms with Crippen molar-refractivity contribution in [3.8, 4) is 11.3 Å². The first kappa shape index (κ1) is 18.1. The monoisotopic (exact) mass is 414 g/mol. The lowest BCUT2D eigenvalue weighted by Gasteiger charge is -2.35. The van der Waals surface area contributed by atoms with Crippen LogP contribution < -0.4 is 10.6 Å². The van der Waals surface area contributed by atoms with Crippen molar-refractivity contribution < 1.29 is 4.74 Å². The zero-order chi connectivity index (χ0) is 19.4. The molecular weight excluding hydrogens is 388 g/mol. The molecule has 3 fully saturated rings. The van der Waals surface area contributed by atoms with Crippen LogP contribution >= 0.6 is 11.6 Å². The normalized spacial score (nSPS) is 27.6. The van der Waals surface area contributed by atoms with Crippen molar-refractivity contribution in [2.45, 2.75) is 69.6 Å². The zero-order valence-electron chi connectivity index (χ0n) is 16.5. The van der Waals surface area contributed by atoms with Crippen molar-refractivity contribution in [1.82, 2.24) is 25.1 Å². The van der Waals surface area contributed by atoms with Gasteiger partial charge in [-0.05, 0) is 50.4 Å². The Morgan fingerprint density at radius 3 is 2.59 bits per heavy atom. The summed E-state index contributed by atoms with van der Waals surface area (Å²) >= 11 is 6.50. The van der Waals surface area contributed by atoms with E-state index < -0.39 is 0 Å². The fourth-order valence-corrected chi connectivity index (χ4v) is 5.24. The number of nitrogens with zero attached hydrogens (tertiary/aromatic N) is 4. The number of hydrogen-bond acceptors (Lipinski definition) is 6. The maximum Gasteiger partial charge on any atom is 0.223 e. The first-order valence-electron chi connectivity index (χ1n) is 10.9. The van der Waals surface area contributed by atoms with Crippen molar-refractivity contribution in [2.75, 3.05) is 18.5 Å². The van der Waals surface area contributed by atoms with E-state index in [1.807, 2.05) is 6.20 Å². The van der Waals surface area contributed by atoms with Gasteiger partial charge in [-0.15, -0.1) is 0 Å². The molecule has 2 aliphatic heterocycles. The predicted octanol–water partition coefficient (Wildman–Crippen LogP) is 3.04. The summed E-state index contributed by atoms with van der Waals surface area (Å²) in [4.78, 5) is 9.26. The molecule has 0 unspecified atom stereocenters. The number of fused-ring (bicyclic) bond motifs is 1. The van der Waals surface area contributed by atoms with Crippen LogP contribution in [0.4, 0.5) is 5.95 Å². The van der Waals surface area contributed by atoms with Crippen molar-refractivity contribution in [1.29, 1.82) is 0 Å². The number of ether oxygens (including phenoxy) is 1. The van der Waals surface area contributed by atoms with Gasteiger partial charge in [-0.1, -0.05) is 11.6 Å². The van der Waals surface area contributed by atoms with Crippen molar-refractivity contribution in [3.63, 3.8) is 0 Å². The number of halogens is 1. The molecule has 2 aromatic heterocycles. The van der Waals surface area contributed by atoms with Crippen LogP contribution in [0.25, 0.3) is 11.3 Å². The Bertz CT molecular complexity index is 914. The lowest BCUT2D eigenvalue weighted by molar-refractivity contribution is -0.0120. The number of anilines is 1. The summed E-state index contributed by atoms with van der Waals surface area (Å²) in [6, 6.07) is 1.57. The van der Waals surface area contributed by atoms with Gasteiger partial charge < -0.3 is 15.4 Å². The minimum Gasteiger partial charge on any atom is -0.378 e. The van der Waals surface area contributed by atoms with Gasteiger partial charge >= 0.3 is 0 Å². The van der Waals surface area contributed by atoms with Gasteiger partial charge in [-0.3, -0.25) is 4.68 Å². The van der Waals surface area contributed by atoms with E-state index in [1.165, 1.54) is 31.4 Å². The van der Waals surface area contributed by atoms with E-state index in [0.29, 0.717) is 34.5 Å². The number of nitrogens with one attached hydrogen (secondary N) is 2. The SMILES string of the molecule is Clc1cnc(NC2CCC(NC3COC3)CC2)nc1-c1cnn2c1CC1(CC1)C2.